The maximum absolute atomic E-state index is 12.9. The Balaban J connectivity index is 1.91. The molecule has 4 N–H and O–H groups in total. The molecule has 0 unspecified atom stereocenters. The van der Waals surface area contributed by atoms with Gasteiger partial charge in [0.15, 0.2) is 0 Å². The summed E-state index contributed by atoms with van der Waals surface area (Å²) in [5.41, 5.74) is 4.86. The zero-order chi connectivity index (χ0) is 18.5. The van der Waals surface area contributed by atoms with E-state index in [1.165, 1.54) is 12.1 Å². The molecule has 0 radical (unpaired) electrons. The number of carbonyl (C=O) groups is 1. The highest BCUT2D eigenvalue weighted by Crippen LogP contribution is 2.18. The predicted octanol–water partition coefficient (Wildman–Crippen LogP) is 1.22. The number of carbonyl (C=O) groups excluding carboxylic acids is 1. The summed E-state index contributed by atoms with van der Waals surface area (Å²) in [6, 6.07) is 12.0. The molecule has 2 aromatic carbocycles. The van der Waals surface area contributed by atoms with E-state index in [0.717, 1.165) is 10.8 Å². The third kappa shape index (κ3) is 5.45. The van der Waals surface area contributed by atoms with Gasteiger partial charge >= 0.3 is 0 Å². The molecule has 9 heteroatoms. The number of hydrogen-bond acceptors (Lipinski definition) is 4. The zero-order valence-corrected chi connectivity index (χ0v) is 14.2. The van der Waals surface area contributed by atoms with E-state index in [9.17, 15) is 22.0 Å². The summed E-state index contributed by atoms with van der Waals surface area (Å²) in [7, 11) is -3.79. The fourth-order valence-electron chi connectivity index (χ4n) is 2.11. The Kier molecular flexibility index (Phi) is 6.04. The molecule has 2 aromatic rings. The van der Waals surface area contributed by atoms with Crippen molar-refractivity contribution >= 4 is 26.7 Å². The first-order chi connectivity index (χ1) is 11.7. The molecular weight excluding hydrogens is 352 g/mol. The van der Waals surface area contributed by atoms with Gasteiger partial charge in [0.2, 0.25) is 15.9 Å². The number of nitrogens with one attached hydrogen (secondary N) is 2. The number of benzene rings is 2. The largest absolute Gasteiger partial charge is 0.350 e. The van der Waals surface area contributed by atoms with Gasteiger partial charge in [-0.05, 0) is 22.9 Å². The number of sulfonamides is 1. The molecule has 136 valence electrons. The van der Waals surface area contributed by atoms with Crippen molar-refractivity contribution in [2.75, 3.05) is 19.6 Å². The van der Waals surface area contributed by atoms with E-state index in [4.69, 9.17) is 5.73 Å². The van der Waals surface area contributed by atoms with E-state index in [1.54, 1.807) is 18.2 Å². The Morgan fingerprint density at radius 1 is 1.12 bits per heavy atom. The molecule has 25 heavy (non-hydrogen) atoms. The molecule has 0 heterocycles. The van der Waals surface area contributed by atoms with Crippen LogP contribution in [-0.2, 0) is 14.8 Å². The molecule has 0 fully saturated rings. The predicted molar refractivity (Wildman–Crippen MR) is 90.8 cm³/mol. The molecule has 0 aliphatic heterocycles. The Hall–Kier alpha value is -2.10. The third-order valence-corrected chi connectivity index (χ3v) is 4.98. The van der Waals surface area contributed by atoms with E-state index in [-0.39, 0.29) is 17.9 Å². The molecule has 0 saturated carbocycles. The summed E-state index contributed by atoms with van der Waals surface area (Å²) in [6.07, 6.45) is -0.256. The number of hydrogen-bond donors (Lipinski definition) is 3. The summed E-state index contributed by atoms with van der Waals surface area (Å²) in [4.78, 5) is 11.6. The lowest BCUT2D eigenvalue weighted by Gasteiger charge is -2.14. The van der Waals surface area contributed by atoms with Crippen LogP contribution in [0.1, 0.15) is 6.42 Å². The van der Waals surface area contributed by atoms with Gasteiger partial charge in [0.05, 0.1) is 18.0 Å². The molecular formula is C16H19F2N3O3S. The average molecular weight is 371 g/mol. The van der Waals surface area contributed by atoms with Crippen LogP contribution in [-0.4, -0.2) is 39.9 Å². The average Bonchev–Trinajstić information content (AvgIpc) is 2.59. The van der Waals surface area contributed by atoms with Crippen molar-refractivity contribution in [3.8, 4) is 0 Å². The first-order valence-corrected chi connectivity index (χ1v) is 9.05. The Morgan fingerprint density at radius 3 is 2.48 bits per heavy atom. The van der Waals surface area contributed by atoms with Crippen molar-refractivity contribution in [1.82, 2.24) is 10.0 Å². The van der Waals surface area contributed by atoms with Crippen LogP contribution in [0.15, 0.2) is 47.4 Å². The second-order valence-electron chi connectivity index (χ2n) is 5.49. The molecule has 2 rings (SSSR count). The van der Waals surface area contributed by atoms with Crippen LogP contribution in [0.3, 0.4) is 0 Å². The maximum atomic E-state index is 12.9. The zero-order valence-electron chi connectivity index (χ0n) is 13.3. The number of halogens is 2. The van der Waals surface area contributed by atoms with E-state index in [0.29, 0.717) is 0 Å². The molecule has 6 nitrogen and oxygen atoms in total. The van der Waals surface area contributed by atoms with E-state index < -0.39 is 34.9 Å². The van der Waals surface area contributed by atoms with E-state index in [1.807, 2.05) is 17.4 Å². The summed E-state index contributed by atoms with van der Waals surface area (Å²) < 4.78 is 52.6. The highest BCUT2D eigenvalue weighted by molar-refractivity contribution is 7.89. The first-order valence-electron chi connectivity index (χ1n) is 7.57. The molecule has 0 aromatic heterocycles. The number of rotatable bonds is 8. The van der Waals surface area contributed by atoms with Gasteiger partial charge in [0, 0.05) is 13.0 Å². The fraction of sp³-hybridized carbons (Fsp3) is 0.312. The summed E-state index contributed by atoms with van der Waals surface area (Å²) in [5, 5.41) is 3.70. The van der Waals surface area contributed by atoms with Crippen molar-refractivity contribution in [3.63, 3.8) is 0 Å². The normalized spacial score (nSPS) is 12.3. The topological polar surface area (TPSA) is 101 Å². The smallest absolute Gasteiger partial charge is 0.277 e. The van der Waals surface area contributed by atoms with Crippen LogP contribution < -0.4 is 15.8 Å². The Morgan fingerprint density at radius 2 is 1.80 bits per heavy atom. The lowest BCUT2D eigenvalue weighted by Crippen LogP contribution is -2.42. The van der Waals surface area contributed by atoms with Crippen LogP contribution in [0.25, 0.3) is 10.8 Å². The third-order valence-electron chi connectivity index (χ3n) is 3.52. The minimum atomic E-state index is -3.79. The monoisotopic (exact) mass is 371 g/mol. The minimum absolute atomic E-state index is 0.0706. The van der Waals surface area contributed by atoms with Crippen LogP contribution in [0.4, 0.5) is 8.78 Å². The highest BCUT2D eigenvalue weighted by Gasteiger charge is 2.27. The summed E-state index contributed by atoms with van der Waals surface area (Å²) >= 11 is 0. The number of nitrogens with two attached hydrogens (primary N) is 1. The number of amides is 1. The lowest BCUT2D eigenvalue weighted by molar-refractivity contribution is -0.122. The maximum Gasteiger partial charge on any atom is 0.277 e. The molecule has 0 spiro atoms. The molecule has 1 amide bonds. The van der Waals surface area contributed by atoms with Gasteiger partial charge < -0.3 is 11.1 Å². The van der Waals surface area contributed by atoms with Gasteiger partial charge in [0.1, 0.15) is 0 Å². The van der Waals surface area contributed by atoms with Crippen molar-refractivity contribution in [2.24, 2.45) is 5.73 Å². The van der Waals surface area contributed by atoms with Crippen molar-refractivity contribution < 1.29 is 22.0 Å². The quantitative estimate of drug-likeness (QED) is 0.649. The lowest BCUT2D eigenvalue weighted by atomic mass is 10.1. The Bertz CT molecular complexity index is 857. The van der Waals surface area contributed by atoms with Crippen LogP contribution in [0.2, 0.25) is 0 Å². The van der Waals surface area contributed by atoms with E-state index >= 15 is 0 Å². The molecule has 0 saturated heterocycles. The van der Waals surface area contributed by atoms with Crippen LogP contribution >= 0.6 is 0 Å². The molecule has 0 aliphatic carbocycles. The number of alkyl halides is 2. The molecule has 0 atom stereocenters. The van der Waals surface area contributed by atoms with Gasteiger partial charge in [-0.1, -0.05) is 30.3 Å². The molecule has 0 aliphatic rings. The SMILES string of the molecule is NCC(F)(F)CNC(=O)CCNS(=O)(=O)c1ccc2ccccc2c1. The van der Waals surface area contributed by atoms with Crippen molar-refractivity contribution in [1.29, 1.82) is 0 Å². The van der Waals surface area contributed by atoms with Crippen molar-refractivity contribution in [2.45, 2.75) is 17.2 Å². The van der Waals surface area contributed by atoms with Crippen molar-refractivity contribution in [3.05, 3.63) is 42.5 Å². The Labute approximate surface area is 144 Å². The fourth-order valence-corrected chi connectivity index (χ4v) is 3.17. The summed E-state index contributed by atoms with van der Waals surface area (Å²) in [5.74, 6) is -3.87. The second-order valence-corrected chi connectivity index (χ2v) is 7.26. The van der Waals surface area contributed by atoms with E-state index in [2.05, 4.69) is 4.72 Å². The van der Waals surface area contributed by atoms with Gasteiger partial charge in [-0.25, -0.2) is 21.9 Å². The van der Waals surface area contributed by atoms with Crippen LogP contribution in [0, 0.1) is 0 Å². The van der Waals surface area contributed by atoms with Gasteiger partial charge in [-0.15, -0.1) is 0 Å². The second kappa shape index (κ2) is 7.85. The number of fused-ring (bicyclic) bond motifs is 1. The summed E-state index contributed by atoms with van der Waals surface area (Å²) in [6.45, 7) is -1.95. The standard InChI is InChI=1S/C16H19F2N3O3S/c17-16(18,10-19)11-20-15(22)7-8-21-25(23,24)14-6-5-12-3-1-2-4-13(12)9-14/h1-6,9,21H,7-8,10-11,19H2,(H,20,22). The van der Waals surface area contributed by atoms with Gasteiger partial charge in [0.25, 0.3) is 5.92 Å². The van der Waals surface area contributed by atoms with Gasteiger partial charge in [-0.2, -0.15) is 0 Å². The van der Waals surface area contributed by atoms with Gasteiger partial charge in [-0.3, -0.25) is 4.79 Å². The highest BCUT2D eigenvalue weighted by atomic mass is 32.2. The minimum Gasteiger partial charge on any atom is -0.350 e. The first kappa shape index (κ1) is 19.2. The molecule has 0 bridgehead atoms. The van der Waals surface area contributed by atoms with Crippen LogP contribution in [0.5, 0.6) is 0 Å².